The zero-order valence-corrected chi connectivity index (χ0v) is 17.9. The number of hydrogen-bond donors (Lipinski definition) is 0. The molecule has 27 heavy (non-hydrogen) atoms. The first-order valence-corrected chi connectivity index (χ1v) is 10.2. The largest absolute Gasteiger partial charge is 0.444 e. The number of amides is 2. The van der Waals surface area contributed by atoms with Crippen molar-refractivity contribution in [2.45, 2.75) is 77.7 Å². The molecule has 0 aromatic heterocycles. The van der Waals surface area contributed by atoms with Gasteiger partial charge in [0.1, 0.15) is 17.4 Å². The maximum absolute atomic E-state index is 13.0. The summed E-state index contributed by atoms with van der Waals surface area (Å²) in [5, 5.41) is 0. The van der Waals surface area contributed by atoms with Crippen LogP contribution in [0.5, 0.6) is 0 Å². The third kappa shape index (κ3) is 5.57. The van der Waals surface area contributed by atoms with Gasteiger partial charge in [-0.2, -0.15) is 0 Å². The third-order valence-corrected chi connectivity index (χ3v) is 5.63. The van der Waals surface area contributed by atoms with Crippen LogP contribution in [-0.4, -0.2) is 83.9 Å². The lowest BCUT2D eigenvalue weighted by molar-refractivity contribution is -0.178. The molecule has 2 atom stereocenters. The van der Waals surface area contributed by atoms with Crippen molar-refractivity contribution in [3.8, 4) is 0 Å². The molecule has 2 heterocycles. The van der Waals surface area contributed by atoms with Crippen LogP contribution in [0.2, 0.25) is 0 Å². The van der Waals surface area contributed by atoms with Crippen LogP contribution in [0.25, 0.3) is 0 Å². The molecule has 2 saturated heterocycles. The SMILES string of the molecule is CO[C@@](C)(CCN1CCCCC1)N1CCN(C(=O)OC(C)(C)C)C(C)C1=O. The van der Waals surface area contributed by atoms with Crippen molar-refractivity contribution in [2.75, 3.05) is 39.8 Å². The first-order chi connectivity index (χ1) is 12.6. The molecular weight excluding hydrogens is 346 g/mol. The van der Waals surface area contributed by atoms with Crippen LogP contribution >= 0.6 is 0 Å². The van der Waals surface area contributed by atoms with Crippen LogP contribution in [0.1, 0.15) is 60.3 Å². The number of ether oxygens (including phenoxy) is 2. The van der Waals surface area contributed by atoms with E-state index in [-0.39, 0.29) is 5.91 Å². The van der Waals surface area contributed by atoms with E-state index in [1.165, 1.54) is 24.2 Å². The Morgan fingerprint density at radius 2 is 1.70 bits per heavy atom. The molecule has 156 valence electrons. The van der Waals surface area contributed by atoms with E-state index in [2.05, 4.69) is 4.90 Å². The highest BCUT2D eigenvalue weighted by molar-refractivity contribution is 5.87. The Morgan fingerprint density at radius 1 is 1.07 bits per heavy atom. The number of nitrogens with zero attached hydrogens (tertiary/aromatic N) is 3. The molecule has 1 unspecified atom stereocenters. The molecule has 7 heteroatoms. The molecule has 2 aliphatic heterocycles. The zero-order valence-electron chi connectivity index (χ0n) is 17.9. The molecule has 0 N–H and O–H groups in total. The van der Waals surface area contributed by atoms with Gasteiger partial charge < -0.3 is 19.3 Å². The van der Waals surface area contributed by atoms with E-state index in [0.717, 1.165) is 26.1 Å². The predicted molar refractivity (Wildman–Crippen MR) is 104 cm³/mol. The molecule has 2 amide bonds. The summed E-state index contributed by atoms with van der Waals surface area (Å²) in [7, 11) is 1.66. The van der Waals surface area contributed by atoms with E-state index >= 15 is 0 Å². The van der Waals surface area contributed by atoms with E-state index in [1.54, 1.807) is 18.9 Å². The summed E-state index contributed by atoms with van der Waals surface area (Å²) >= 11 is 0. The van der Waals surface area contributed by atoms with Crippen molar-refractivity contribution in [3.63, 3.8) is 0 Å². The fourth-order valence-electron chi connectivity index (χ4n) is 3.81. The Bertz CT molecular complexity index is 528. The van der Waals surface area contributed by atoms with Crippen molar-refractivity contribution < 1.29 is 19.1 Å². The van der Waals surface area contributed by atoms with Crippen LogP contribution in [0.3, 0.4) is 0 Å². The van der Waals surface area contributed by atoms with Crippen LogP contribution in [0.15, 0.2) is 0 Å². The minimum Gasteiger partial charge on any atom is -0.444 e. The van der Waals surface area contributed by atoms with Gasteiger partial charge in [0.25, 0.3) is 0 Å². The minimum atomic E-state index is -0.664. The summed E-state index contributed by atoms with van der Waals surface area (Å²) in [5.41, 5.74) is -1.24. The molecule has 0 bridgehead atoms. The summed E-state index contributed by atoms with van der Waals surface area (Å²) in [6.45, 7) is 13.3. The molecule has 0 spiro atoms. The number of rotatable bonds is 5. The maximum Gasteiger partial charge on any atom is 0.411 e. The Hall–Kier alpha value is -1.34. The van der Waals surface area contributed by atoms with Gasteiger partial charge in [-0.1, -0.05) is 6.42 Å². The summed E-state index contributed by atoms with van der Waals surface area (Å²) in [6.07, 6.45) is 4.12. The highest BCUT2D eigenvalue weighted by Crippen LogP contribution is 2.27. The Labute approximate surface area is 163 Å². The van der Waals surface area contributed by atoms with Gasteiger partial charge in [0.15, 0.2) is 0 Å². The third-order valence-electron chi connectivity index (χ3n) is 5.63. The fourth-order valence-corrected chi connectivity index (χ4v) is 3.81. The van der Waals surface area contributed by atoms with Gasteiger partial charge in [0.05, 0.1) is 0 Å². The summed E-state index contributed by atoms with van der Waals surface area (Å²) in [4.78, 5) is 31.2. The highest BCUT2D eigenvalue weighted by atomic mass is 16.6. The van der Waals surface area contributed by atoms with E-state index in [0.29, 0.717) is 13.1 Å². The summed E-state index contributed by atoms with van der Waals surface area (Å²) < 4.78 is 11.3. The lowest BCUT2D eigenvalue weighted by Crippen LogP contribution is -2.64. The molecule has 0 aromatic rings. The first-order valence-electron chi connectivity index (χ1n) is 10.2. The molecule has 2 rings (SSSR count). The lowest BCUT2D eigenvalue weighted by Gasteiger charge is -2.47. The topological polar surface area (TPSA) is 62.3 Å². The van der Waals surface area contributed by atoms with Crippen LogP contribution < -0.4 is 0 Å². The number of piperidine rings is 1. The van der Waals surface area contributed by atoms with Gasteiger partial charge in [-0.25, -0.2) is 4.79 Å². The van der Waals surface area contributed by atoms with Gasteiger partial charge in [-0.05, 0) is 60.5 Å². The Balaban J connectivity index is 2.00. The summed E-state index contributed by atoms with van der Waals surface area (Å²) in [5.74, 6) is -0.0879. The van der Waals surface area contributed by atoms with Gasteiger partial charge >= 0.3 is 6.09 Å². The van der Waals surface area contributed by atoms with Crippen LogP contribution in [-0.2, 0) is 14.3 Å². The molecular formula is C20H37N3O4. The molecule has 0 saturated carbocycles. The quantitative estimate of drug-likeness (QED) is 0.730. The van der Waals surface area contributed by atoms with Crippen LogP contribution in [0.4, 0.5) is 4.79 Å². The van der Waals surface area contributed by atoms with Crippen molar-refractivity contribution >= 4 is 12.0 Å². The van der Waals surface area contributed by atoms with Crippen LogP contribution in [0, 0.1) is 0 Å². The van der Waals surface area contributed by atoms with Gasteiger partial charge in [0, 0.05) is 33.2 Å². The number of carbonyl (C=O) groups is 2. The molecule has 0 radical (unpaired) electrons. The predicted octanol–water partition coefficient (Wildman–Crippen LogP) is 2.69. The first kappa shape index (κ1) is 22.0. The second-order valence-corrected chi connectivity index (χ2v) is 8.87. The van der Waals surface area contributed by atoms with Crippen molar-refractivity contribution in [1.29, 1.82) is 0 Å². The molecule has 7 nitrogen and oxygen atoms in total. The maximum atomic E-state index is 13.0. The second-order valence-electron chi connectivity index (χ2n) is 8.87. The molecule has 0 aromatic carbocycles. The van der Waals surface area contributed by atoms with E-state index in [4.69, 9.17) is 9.47 Å². The van der Waals surface area contributed by atoms with E-state index in [1.807, 2.05) is 27.7 Å². The van der Waals surface area contributed by atoms with E-state index < -0.39 is 23.5 Å². The second kappa shape index (κ2) is 8.78. The van der Waals surface area contributed by atoms with Crippen molar-refractivity contribution in [2.24, 2.45) is 0 Å². The highest BCUT2D eigenvalue weighted by Gasteiger charge is 2.44. The average Bonchev–Trinajstić information content (AvgIpc) is 2.61. The number of piperazine rings is 1. The normalized spacial score (nSPS) is 24.7. The Kier molecular flexibility index (Phi) is 7.14. The number of likely N-dealkylation sites (tertiary alicyclic amines) is 1. The fraction of sp³-hybridized carbons (Fsp3) is 0.900. The molecule has 2 fully saturated rings. The number of methoxy groups -OCH3 is 1. The Morgan fingerprint density at radius 3 is 2.26 bits per heavy atom. The van der Waals surface area contributed by atoms with Crippen molar-refractivity contribution in [1.82, 2.24) is 14.7 Å². The average molecular weight is 384 g/mol. The zero-order chi connectivity index (χ0) is 20.2. The molecule has 2 aliphatic rings. The van der Waals surface area contributed by atoms with Crippen molar-refractivity contribution in [3.05, 3.63) is 0 Å². The minimum absolute atomic E-state index is 0.0879. The lowest BCUT2D eigenvalue weighted by atomic mass is 10.0. The standard InChI is InChI=1S/C20H37N3O4/c1-16-17(24)23(15-14-22(16)18(25)27-19(2,3)4)20(5,26-6)10-13-21-11-8-7-9-12-21/h16H,7-15H2,1-6H3/t16?,20-/m0/s1. The van der Waals surface area contributed by atoms with Gasteiger partial charge in [0.2, 0.25) is 5.91 Å². The smallest absolute Gasteiger partial charge is 0.411 e. The monoisotopic (exact) mass is 383 g/mol. The summed E-state index contributed by atoms with van der Waals surface area (Å²) in [6, 6.07) is -0.557. The van der Waals surface area contributed by atoms with Gasteiger partial charge in [-0.15, -0.1) is 0 Å². The van der Waals surface area contributed by atoms with E-state index in [9.17, 15) is 9.59 Å². The molecule has 0 aliphatic carbocycles. The number of carbonyl (C=O) groups excluding carboxylic acids is 2. The number of hydrogen-bond acceptors (Lipinski definition) is 5. The van der Waals surface area contributed by atoms with Gasteiger partial charge in [-0.3, -0.25) is 9.69 Å².